The van der Waals surface area contributed by atoms with Gasteiger partial charge in [-0.05, 0) is 59.2 Å². The zero-order valence-corrected chi connectivity index (χ0v) is 13.7. The standard InChI is InChI=1S/C16H22BrN3/c1-11-7-8-16(9-12(11)2)10-19-15(18)20(16)14-6-4-3-5-13(14)17/h3-6,11-12H,7-10H2,1-2H3,(H2,18,19). The van der Waals surface area contributed by atoms with Crippen molar-refractivity contribution >= 4 is 27.6 Å². The third kappa shape index (κ3) is 2.14. The predicted molar refractivity (Wildman–Crippen MR) is 88.0 cm³/mol. The van der Waals surface area contributed by atoms with Crippen molar-refractivity contribution in [2.24, 2.45) is 22.6 Å². The van der Waals surface area contributed by atoms with Crippen LogP contribution in [0.4, 0.5) is 5.69 Å². The van der Waals surface area contributed by atoms with Crippen LogP contribution >= 0.6 is 15.9 Å². The number of anilines is 1. The van der Waals surface area contributed by atoms with E-state index in [0.717, 1.165) is 28.5 Å². The molecule has 1 aromatic rings. The lowest BCUT2D eigenvalue weighted by Crippen LogP contribution is -2.55. The van der Waals surface area contributed by atoms with Crippen LogP contribution < -0.4 is 10.6 Å². The Bertz CT molecular complexity index is 542. The lowest BCUT2D eigenvalue weighted by atomic mass is 9.70. The fraction of sp³-hybridized carbons (Fsp3) is 0.562. The van der Waals surface area contributed by atoms with Crippen LogP contribution in [0.2, 0.25) is 0 Å². The maximum absolute atomic E-state index is 6.22. The Labute approximate surface area is 129 Å². The second-order valence-electron chi connectivity index (χ2n) is 6.38. The monoisotopic (exact) mass is 335 g/mol. The molecule has 0 bridgehead atoms. The van der Waals surface area contributed by atoms with E-state index in [4.69, 9.17) is 5.73 Å². The van der Waals surface area contributed by atoms with Crippen molar-refractivity contribution in [3.05, 3.63) is 28.7 Å². The van der Waals surface area contributed by atoms with Crippen LogP contribution in [0.3, 0.4) is 0 Å². The Hall–Kier alpha value is -1.03. The number of guanidine groups is 1. The Morgan fingerprint density at radius 1 is 1.30 bits per heavy atom. The Morgan fingerprint density at radius 3 is 2.75 bits per heavy atom. The van der Waals surface area contributed by atoms with Crippen molar-refractivity contribution in [2.45, 2.75) is 38.6 Å². The summed E-state index contributed by atoms with van der Waals surface area (Å²) in [6.07, 6.45) is 3.59. The molecule has 1 aliphatic carbocycles. The molecule has 3 atom stereocenters. The molecular formula is C16H22BrN3. The van der Waals surface area contributed by atoms with Crippen LogP contribution in [-0.4, -0.2) is 18.0 Å². The van der Waals surface area contributed by atoms with Gasteiger partial charge >= 0.3 is 0 Å². The number of hydrogen-bond donors (Lipinski definition) is 1. The molecule has 0 amide bonds. The molecule has 3 unspecified atom stereocenters. The van der Waals surface area contributed by atoms with Gasteiger partial charge in [-0.2, -0.15) is 0 Å². The second-order valence-corrected chi connectivity index (χ2v) is 7.24. The molecule has 1 aliphatic heterocycles. The Morgan fingerprint density at radius 2 is 2.05 bits per heavy atom. The van der Waals surface area contributed by atoms with Crippen molar-refractivity contribution < 1.29 is 0 Å². The van der Waals surface area contributed by atoms with Gasteiger partial charge in [-0.3, -0.25) is 4.99 Å². The zero-order chi connectivity index (χ0) is 14.3. The summed E-state index contributed by atoms with van der Waals surface area (Å²) in [6.45, 7) is 5.55. The summed E-state index contributed by atoms with van der Waals surface area (Å²) >= 11 is 3.66. The van der Waals surface area contributed by atoms with E-state index >= 15 is 0 Å². The van der Waals surface area contributed by atoms with Crippen molar-refractivity contribution in [2.75, 3.05) is 11.4 Å². The highest BCUT2D eigenvalue weighted by Crippen LogP contribution is 2.45. The fourth-order valence-electron chi connectivity index (χ4n) is 3.65. The van der Waals surface area contributed by atoms with Crippen LogP contribution in [0.1, 0.15) is 33.1 Å². The zero-order valence-electron chi connectivity index (χ0n) is 12.1. The minimum absolute atomic E-state index is 0.0832. The van der Waals surface area contributed by atoms with E-state index in [1.807, 2.05) is 6.07 Å². The van der Waals surface area contributed by atoms with E-state index in [-0.39, 0.29) is 5.54 Å². The first-order valence-electron chi connectivity index (χ1n) is 7.38. The van der Waals surface area contributed by atoms with Crippen molar-refractivity contribution in [1.82, 2.24) is 0 Å². The Balaban J connectivity index is 1.99. The molecule has 2 N–H and O–H groups in total. The average Bonchev–Trinajstić information content (AvgIpc) is 2.73. The van der Waals surface area contributed by atoms with Crippen molar-refractivity contribution in [3.63, 3.8) is 0 Å². The highest BCUT2D eigenvalue weighted by molar-refractivity contribution is 9.10. The number of nitrogens with zero attached hydrogens (tertiary/aromatic N) is 2. The summed E-state index contributed by atoms with van der Waals surface area (Å²) in [5.41, 5.74) is 7.45. The first kappa shape index (κ1) is 13.9. The van der Waals surface area contributed by atoms with Crippen LogP contribution in [0.25, 0.3) is 0 Å². The number of rotatable bonds is 1. The molecule has 108 valence electrons. The molecule has 1 saturated carbocycles. The van der Waals surface area contributed by atoms with E-state index in [2.05, 4.69) is 57.9 Å². The SMILES string of the molecule is CC1CCC2(CN=C(N)N2c2ccccc2Br)CC1C. The molecule has 1 fully saturated rings. The van der Waals surface area contributed by atoms with E-state index in [0.29, 0.717) is 5.96 Å². The van der Waals surface area contributed by atoms with E-state index in [1.54, 1.807) is 0 Å². The second kappa shape index (κ2) is 5.06. The topological polar surface area (TPSA) is 41.6 Å². The third-order valence-electron chi connectivity index (χ3n) is 5.07. The molecule has 1 heterocycles. The van der Waals surface area contributed by atoms with Gasteiger partial charge in [0.15, 0.2) is 5.96 Å². The van der Waals surface area contributed by atoms with Crippen molar-refractivity contribution in [3.8, 4) is 0 Å². The van der Waals surface area contributed by atoms with Gasteiger partial charge in [0, 0.05) is 4.47 Å². The fourth-order valence-corrected chi connectivity index (χ4v) is 4.12. The first-order valence-corrected chi connectivity index (χ1v) is 8.17. The quantitative estimate of drug-likeness (QED) is 0.848. The van der Waals surface area contributed by atoms with Gasteiger partial charge in [0.2, 0.25) is 0 Å². The Kier molecular flexibility index (Phi) is 3.53. The smallest absolute Gasteiger partial charge is 0.196 e. The minimum Gasteiger partial charge on any atom is -0.369 e. The van der Waals surface area contributed by atoms with Crippen LogP contribution in [-0.2, 0) is 0 Å². The van der Waals surface area contributed by atoms with E-state index in [9.17, 15) is 0 Å². The van der Waals surface area contributed by atoms with E-state index in [1.165, 1.54) is 19.3 Å². The van der Waals surface area contributed by atoms with Gasteiger partial charge in [-0.25, -0.2) is 0 Å². The van der Waals surface area contributed by atoms with Crippen molar-refractivity contribution in [1.29, 1.82) is 0 Å². The minimum atomic E-state index is 0.0832. The average molecular weight is 336 g/mol. The summed E-state index contributed by atoms with van der Waals surface area (Å²) in [5.74, 6) is 2.18. The van der Waals surface area contributed by atoms with Gasteiger partial charge in [0.25, 0.3) is 0 Å². The van der Waals surface area contributed by atoms with Gasteiger partial charge in [0.05, 0.1) is 17.8 Å². The number of para-hydroxylation sites is 1. The predicted octanol–water partition coefficient (Wildman–Crippen LogP) is 3.78. The summed E-state index contributed by atoms with van der Waals surface area (Å²) < 4.78 is 1.09. The van der Waals surface area contributed by atoms with E-state index < -0.39 is 0 Å². The molecule has 2 aliphatic rings. The maximum atomic E-state index is 6.22. The number of aliphatic imine (C=N–C) groups is 1. The molecule has 20 heavy (non-hydrogen) atoms. The summed E-state index contributed by atoms with van der Waals surface area (Å²) in [5, 5.41) is 0. The molecule has 1 spiro atoms. The number of hydrogen-bond acceptors (Lipinski definition) is 3. The first-order chi connectivity index (χ1) is 9.53. The number of benzene rings is 1. The number of nitrogens with two attached hydrogens (primary N) is 1. The molecule has 3 nitrogen and oxygen atoms in total. The molecule has 4 heteroatoms. The highest BCUT2D eigenvalue weighted by Gasteiger charge is 2.47. The molecule has 0 saturated heterocycles. The molecular weight excluding hydrogens is 314 g/mol. The lowest BCUT2D eigenvalue weighted by Gasteiger charge is -2.46. The van der Waals surface area contributed by atoms with Gasteiger partial charge < -0.3 is 10.6 Å². The molecule has 1 aromatic carbocycles. The van der Waals surface area contributed by atoms with Gasteiger partial charge in [-0.1, -0.05) is 26.0 Å². The molecule has 0 radical (unpaired) electrons. The maximum Gasteiger partial charge on any atom is 0.196 e. The van der Waals surface area contributed by atoms with Gasteiger partial charge in [-0.15, -0.1) is 0 Å². The summed E-state index contributed by atoms with van der Waals surface area (Å²) in [7, 11) is 0. The van der Waals surface area contributed by atoms with Crippen LogP contribution in [0.5, 0.6) is 0 Å². The highest BCUT2D eigenvalue weighted by atomic mass is 79.9. The molecule has 0 aromatic heterocycles. The summed E-state index contributed by atoms with van der Waals surface area (Å²) in [4.78, 5) is 6.85. The third-order valence-corrected chi connectivity index (χ3v) is 5.74. The summed E-state index contributed by atoms with van der Waals surface area (Å²) in [6, 6.07) is 8.30. The molecule has 3 rings (SSSR count). The normalized spacial score (nSPS) is 33.5. The largest absolute Gasteiger partial charge is 0.369 e. The van der Waals surface area contributed by atoms with Crippen LogP contribution in [0, 0.1) is 11.8 Å². The number of halogens is 1. The van der Waals surface area contributed by atoms with Crippen LogP contribution in [0.15, 0.2) is 33.7 Å². The lowest BCUT2D eigenvalue weighted by molar-refractivity contribution is 0.189. The van der Waals surface area contributed by atoms with Gasteiger partial charge in [0.1, 0.15) is 0 Å².